The van der Waals surface area contributed by atoms with Crippen molar-refractivity contribution in [1.29, 1.82) is 0 Å². The van der Waals surface area contributed by atoms with Crippen LogP contribution in [0.3, 0.4) is 0 Å². The maximum atomic E-state index is 11.8. The summed E-state index contributed by atoms with van der Waals surface area (Å²) in [6, 6.07) is 8.20. The molecule has 0 atom stereocenters. The predicted molar refractivity (Wildman–Crippen MR) is 89.9 cm³/mol. The summed E-state index contributed by atoms with van der Waals surface area (Å²) < 4.78 is 5.25. The van der Waals surface area contributed by atoms with Crippen LogP contribution in [-0.4, -0.2) is 48.3 Å². The Kier molecular flexibility index (Phi) is 7.52. The van der Waals surface area contributed by atoms with E-state index in [0.29, 0.717) is 13.2 Å². The average Bonchev–Trinajstić information content (AvgIpc) is 2.56. The number of aliphatic hydroxyl groups is 1. The van der Waals surface area contributed by atoms with Crippen molar-refractivity contribution in [2.45, 2.75) is 45.4 Å². The van der Waals surface area contributed by atoms with Gasteiger partial charge in [0.15, 0.2) is 0 Å². The molecule has 1 saturated heterocycles. The number of ether oxygens (including phenoxy) is 1. The molecule has 2 rings (SSSR count). The monoisotopic (exact) mass is 320 g/mol. The summed E-state index contributed by atoms with van der Waals surface area (Å²) in [7, 11) is 0. The second-order valence-electron chi connectivity index (χ2n) is 6.11. The van der Waals surface area contributed by atoms with Gasteiger partial charge in [-0.1, -0.05) is 31.2 Å². The molecule has 1 heterocycles. The standard InChI is InChI=1S/C18H28N2O3/c1-2-11-23-14-18(22)19-12-15-5-3-4-6-16(15)13-20-9-7-17(21)8-10-20/h3-6,17,21H,2,7-14H2,1H3,(H,19,22). The third-order valence-electron chi connectivity index (χ3n) is 4.13. The first-order valence-corrected chi connectivity index (χ1v) is 8.50. The van der Waals surface area contributed by atoms with Crippen molar-refractivity contribution in [3.8, 4) is 0 Å². The quantitative estimate of drug-likeness (QED) is 0.716. The summed E-state index contributed by atoms with van der Waals surface area (Å²) >= 11 is 0. The zero-order valence-corrected chi connectivity index (χ0v) is 14.0. The van der Waals surface area contributed by atoms with Crippen molar-refractivity contribution in [2.24, 2.45) is 0 Å². The van der Waals surface area contributed by atoms with Crippen LogP contribution in [0.2, 0.25) is 0 Å². The molecule has 5 nitrogen and oxygen atoms in total. The number of hydrogen-bond donors (Lipinski definition) is 2. The van der Waals surface area contributed by atoms with Gasteiger partial charge in [-0.25, -0.2) is 0 Å². The Hall–Kier alpha value is -1.43. The summed E-state index contributed by atoms with van der Waals surface area (Å²) in [5.74, 6) is -0.0747. The molecule has 1 aliphatic rings. The third-order valence-corrected chi connectivity index (χ3v) is 4.13. The number of carbonyl (C=O) groups excluding carboxylic acids is 1. The molecule has 0 unspecified atom stereocenters. The Balaban J connectivity index is 1.83. The minimum atomic E-state index is -0.149. The number of piperidine rings is 1. The molecule has 1 aromatic rings. The van der Waals surface area contributed by atoms with Crippen LogP contribution in [0.5, 0.6) is 0 Å². The molecule has 1 aromatic carbocycles. The zero-order chi connectivity index (χ0) is 16.5. The van der Waals surface area contributed by atoms with Crippen LogP contribution in [0.25, 0.3) is 0 Å². The highest BCUT2D eigenvalue weighted by atomic mass is 16.5. The first-order valence-electron chi connectivity index (χ1n) is 8.50. The van der Waals surface area contributed by atoms with Gasteiger partial charge in [-0.2, -0.15) is 0 Å². The highest BCUT2D eigenvalue weighted by Gasteiger charge is 2.17. The number of rotatable bonds is 8. The molecule has 0 aliphatic carbocycles. The van der Waals surface area contributed by atoms with Gasteiger partial charge < -0.3 is 15.2 Å². The van der Waals surface area contributed by atoms with Crippen LogP contribution in [0.15, 0.2) is 24.3 Å². The number of hydrogen-bond acceptors (Lipinski definition) is 4. The van der Waals surface area contributed by atoms with E-state index in [0.717, 1.165) is 44.5 Å². The number of likely N-dealkylation sites (tertiary alicyclic amines) is 1. The van der Waals surface area contributed by atoms with Gasteiger partial charge in [0.05, 0.1) is 6.10 Å². The molecule has 0 bridgehead atoms. The Morgan fingerprint density at radius 1 is 1.30 bits per heavy atom. The molecule has 1 aliphatic heterocycles. The average molecular weight is 320 g/mol. The SMILES string of the molecule is CCCOCC(=O)NCc1ccccc1CN1CCC(O)CC1. The fraction of sp³-hybridized carbons (Fsp3) is 0.611. The van der Waals surface area contributed by atoms with E-state index in [9.17, 15) is 9.90 Å². The highest BCUT2D eigenvalue weighted by molar-refractivity contribution is 5.77. The Morgan fingerprint density at radius 2 is 2.00 bits per heavy atom. The predicted octanol–water partition coefficient (Wildman–Crippen LogP) is 1.69. The van der Waals surface area contributed by atoms with E-state index in [1.807, 2.05) is 19.1 Å². The summed E-state index contributed by atoms with van der Waals surface area (Å²) in [6.07, 6.45) is 2.45. The maximum Gasteiger partial charge on any atom is 0.246 e. The lowest BCUT2D eigenvalue weighted by Gasteiger charge is -2.30. The summed E-state index contributed by atoms with van der Waals surface area (Å²) in [5.41, 5.74) is 2.38. The van der Waals surface area contributed by atoms with E-state index < -0.39 is 0 Å². The van der Waals surface area contributed by atoms with E-state index in [4.69, 9.17) is 4.74 Å². The van der Waals surface area contributed by atoms with Crippen molar-refractivity contribution in [2.75, 3.05) is 26.3 Å². The van der Waals surface area contributed by atoms with Crippen molar-refractivity contribution >= 4 is 5.91 Å². The Labute approximate surface area is 138 Å². The number of nitrogens with one attached hydrogen (secondary N) is 1. The van der Waals surface area contributed by atoms with Crippen LogP contribution in [0.1, 0.15) is 37.3 Å². The third kappa shape index (κ3) is 6.29. The first kappa shape index (κ1) is 17.9. The molecule has 0 saturated carbocycles. The zero-order valence-electron chi connectivity index (χ0n) is 14.0. The fourth-order valence-electron chi connectivity index (χ4n) is 2.76. The minimum Gasteiger partial charge on any atom is -0.393 e. The number of benzene rings is 1. The van der Waals surface area contributed by atoms with E-state index in [1.165, 1.54) is 5.56 Å². The maximum absolute atomic E-state index is 11.8. The van der Waals surface area contributed by atoms with Gasteiger partial charge in [-0.05, 0) is 30.4 Å². The molecule has 128 valence electrons. The van der Waals surface area contributed by atoms with E-state index in [2.05, 4.69) is 22.3 Å². The molecule has 0 spiro atoms. The van der Waals surface area contributed by atoms with Gasteiger partial charge >= 0.3 is 0 Å². The van der Waals surface area contributed by atoms with Crippen LogP contribution >= 0.6 is 0 Å². The minimum absolute atomic E-state index is 0.0747. The van der Waals surface area contributed by atoms with Crippen molar-refractivity contribution < 1.29 is 14.6 Å². The molecule has 0 aromatic heterocycles. The summed E-state index contributed by atoms with van der Waals surface area (Å²) in [6.45, 7) is 6.00. The molecule has 1 fully saturated rings. The fourth-order valence-corrected chi connectivity index (χ4v) is 2.76. The second kappa shape index (κ2) is 9.65. The van der Waals surface area contributed by atoms with Crippen LogP contribution < -0.4 is 5.32 Å². The topological polar surface area (TPSA) is 61.8 Å². The second-order valence-corrected chi connectivity index (χ2v) is 6.11. The van der Waals surface area contributed by atoms with Crippen LogP contribution in [0, 0.1) is 0 Å². The highest BCUT2D eigenvalue weighted by Crippen LogP contribution is 2.16. The largest absolute Gasteiger partial charge is 0.393 e. The van der Waals surface area contributed by atoms with Crippen LogP contribution in [0.4, 0.5) is 0 Å². The molecule has 23 heavy (non-hydrogen) atoms. The van der Waals surface area contributed by atoms with Gasteiger partial charge in [-0.3, -0.25) is 9.69 Å². The molecule has 5 heteroatoms. The van der Waals surface area contributed by atoms with Crippen molar-refractivity contribution in [3.05, 3.63) is 35.4 Å². The number of aliphatic hydroxyl groups excluding tert-OH is 1. The summed E-state index contributed by atoms with van der Waals surface area (Å²) in [4.78, 5) is 14.1. The Morgan fingerprint density at radius 3 is 2.70 bits per heavy atom. The van der Waals surface area contributed by atoms with Gasteiger partial charge in [-0.15, -0.1) is 0 Å². The smallest absolute Gasteiger partial charge is 0.246 e. The normalized spacial score (nSPS) is 16.4. The lowest BCUT2D eigenvalue weighted by Crippen LogP contribution is -2.35. The van der Waals surface area contributed by atoms with E-state index in [1.54, 1.807) is 0 Å². The van der Waals surface area contributed by atoms with Gasteiger partial charge in [0.1, 0.15) is 6.61 Å². The summed E-state index contributed by atoms with van der Waals surface area (Å²) in [5, 5.41) is 12.5. The molecular formula is C18H28N2O3. The number of nitrogens with zero attached hydrogens (tertiary/aromatic N) is 1. The number of amides is 1. The molecular weight excluding hydrogens is 292 g/mol. The van der Waals surface area contributed by atoms with Gasteiger partial charge in [0.25, 0.3) is 0 Å². The van der Waals surface area contributed by atoms with Crippen LogP contribution in [-0.2, 0) is 22.6 Å². The lowest BCUT2D eigenvalue weighted by molar-refractivity contribution is -0.125. The molecule has 1 amide bonds. The number of carbonyl (C=O) groups is 1. The van der Waals surface area contributed by atoms with E-state index in [-0.39, 0.29) is 18.6 Å². The van der Waals surface area contributed by atoms with Gasteiger partial charge in [0, 0.05) is 32.8 Å². The molecule has 2 N–H and O–H groups in total. The van der Waals surface area contributed by atoms with Crippen molar-refractivity contribution in [1.82, 2.24) is 10.2 Å². The van der Waals surface area contributed by atoms with E-state index >= 15 is 0 Å². The van der Waals surface area contributed by atoms with Crippen molar-refractivity contribution in [3.63, 3.8) is 0 Å². The Bertz CT molecular complexity index is 485. The molecule has 0 radical (unpaired) electrons. The van der Waals surface area contributed by atoms with Gasteiger partial charge in [0.2, 0.25) is 5.91 Å². The lowest BCUT2D eigenvalue weighted by atomic mass is 10.0. The first-order chi connectivity index (χ1) is 11.2.